The SMILES string of the molecule is CO[C@H]1CC[C@]2(CC1)Cc1ccc(Oc3ccc(Cl)cc3)cc1/C2=N/C#N. The van der Waals surface area contributed by atoms with E-state index in [0.717, 1.165) is 54.9 Å². The van der Waals surface area contributed by atoms with Crippen molar-refractivity contribution in [3.63, 3.8) is 0 Å². The van der Waals surface area contributed by atoms with Crippen molar-refractivity contribution in [3.8, 4) is 17.7 Å². The van der Waals surface area contributed by atoms with Gasteiger partial charge in [0, 0.05) is 23.1 Å². The van der Waals surface area contributed by atoms with Crippen LogP contribution in [-0.2, 0) is 11.2 Å². The fraction of sp³-hybridized carbons (Fsp3) is 0.364. The van der Waals surface area contributed by atoms with Gasteiger partial charge in [-0.15, -0.1) is 0 Å². The number of rotatable bonds is 3. The summed E-state index contributed by atoms with van der Waals surface area (Å²) in [4.78, 5) is 4.26. The third-order valence-corrected chi connectivity index (χ3v) is 6.05. The van der Waals surface area contributed by atoms with E-state index < -0.39 is 0 Å². The minimum Gasteiger partial charge on any atom is -0.457 e. The highest BCUT2D eigenvalue weighted by Crippen LogP contribution is 2.49. The first-order valence-electron chi connectivity index (χ1n) is 9.20. The molecule has 0 amide bonds. The third-order valence-electron chi connectivity index (χ3n) is 5.80. The van der Waals surface area contributed by atoms with Crippen LogP contribution in [-0.4, -0.2) is 18.9 Å². The van der Waals surface area contributed by atoms with Gasteiger partial charge in [-0.2, -0.15) is 10.3 Å². The molecule has 27 heavy (non-hydrogen) atoms. The fourth-order valence-electron chi connectivity index (χ4n) is 4.39. The molecule has 0 heterocycles. The Hall–Kier alpha value is -2.35. The Morgan fingerprint density at radius 1 is 1.11 bits per heavy atom. The second kappa shape index (κ2) is 7.34. The zero-order valence-electron chi connectivity index (χ0n) is 15.2. The highest BCUT2D eigenvalue weighted by atomic mass is 35.5. The molecule has 1 fully saturated rings. The summed E-state index contributed by atoms with van der Waals surface area (Å²) in [5.41, 5.74) is 3.14. The molecule has 0 bridgehead atoms. The Morgan fingerprint density at radius 3 is 2.48 bits per heavy atom. The Kier molecular flexibility index (Phi) is 4.90. The van der Waals surface area contributed by atoms with Gasteiger partial charge >= 0.3 is 0 Å². The molecule has 0 radical (unpaired) electrons. The average molecular weight is 381 g/mol. The summed E-state index contributed by atoms with van der Waals surface area (Å²) in [6.45, 7) is 0. The summed E-state index contributed by atoms with van der Waals surface area (Å²) in [6, 6.07) is 13.4. The normalized spacial score (nSPS) is 25.4. The Bertz CT molecular complexity index is 907. The second-order valence-corrected chi connectivity index (χ2v) is 7.76. The summed E-state index contributed by atoms with van der Waals surface area (Å²) in [5.74, 6) is 1.47. The number of methoxy groups -OCH3 is 1. The van der Waals surface area contributed by atoms with Crippen LogP contribution < -0.4 is 4.74 Å². The molecule has 5 heteroatoms. The standard InChI is InChI=1S/C22H21ClN2O2/c1-26-17-8-10-22(11-9-17)13-15-2-5-19(12-20(15)21(22)25-14-24)27-18-6-3-16(23)4-7-18/h2-7,12,17H,8-11,13H2,1H3/b25-21-/t17-,22-. The number of aliphatic imine (C=N–C) groups is 1. The summed E-state index contributed by atoms with van der Waals surface area (Å²) < 4.78 is 11.5. The summed E-state index contributed by atoms with van der Waals surface area (Å²) in [7, 11) is 1.77. The van der Waals surface area contributed by atoms with E-state index in [1.54, 1.807) is 19.2 Å². The topological polar surface area (TPSA) is 54.6 Å². The van der Waals surface area contributed by atoms with Crippen LogP contribution in [0.2, 0.25) is 5.02 Å². The van der Waals surface area contributed by atoms with Crippen molar-refractivity contribution in [2.45, 2.75) is 38.2 Å². The summed E-state index contributed by atoms with van der Waals surface area (Å²) >= 11 is 5.94. The van der Waals surface area contributed by atoms with Gasteiger partial charge in [-0.05, 0) is 74.1 Å². The number of nitrogens with zero attached hydrogens (tertiary/aromatic N) is 2. The van der Waals surface area contributed by atoms with Crippen LogP contribution in [0.5, 0.6) is 11.5 Å². The van der Waals surface area contributed by atoms with Crippen LogP contribution in [0.1, 0.15) is 36.8 Å². The third kappa shape index (κ3) is 3.45. The second-order valence-electron chi connectivity index (χ2n) is 7.33. The molecule has 1 spiro atoms. The number of benzene rings is 2. The van der Waals surface area contributed by atoms with Gasteiger partial charge in [0.1, 0.15) is 11.5 Å². The molecule has 0 aliphatic heterocycles. The van der Waals surface area contributed by atoms with Gasteiger partial charge in [-0.3, -0.25) is 0 Å². The van der Waals surface area contributed by atoms with Gasteiger partial charge in [0.15, 0.2) is 0 Å². The van der Waals surface area contributed by atoms with Crippen molar-refractivity contribution >= 4 is 17.3 Å². The molecule has 2 aromatic rings. The van der Waals surface area contributed by atoms with Gasteiger partial charge in [0.05, 0.1) is 11.8 Å². The Balaban J connectivity index is 1.63. The van der Waals surface area contributed by atoms with Gasteiger partial charge in [0.25, 0.3) is 0 Å². The fourth-order valence-corrected chi connectivity index (χ4v) is 4.51. The monoisotopic (exact) mass is 380 g/mol. The minimum atomic E-state index is -0.0496. The zero-order valence-corrected chi connectivity index (χ0v) is 16.0. The maximum atomic E-state index is 9.29. The molecule has 2 aliphatic carbocycles. The van der Waals surface area contributed by atoms with Gasteiger partial charge in [-0.1, -0.05) is 17.7 Å². The minimum absolute atomic E-state index is 0.0496. The van der Waals surface area contributed by atoms with E-state index in [2.05, 4.69) is 11.1 Å². The van der Waals surface area contributed by atoms with E-state index in [1.807, 2.05) is 30.5 Å². The lowest BCUT2D eigenvalue weighted by Gasteiger charge is -2.36. The van der Waals surface area contributed by atoms with Crippen molar-refractivity contribution in [1.29, 1.82) is 5.26 Å². The highest BCUT2D eigenvalue weighted by Gasteiger charge is 2.45. The molecule has 0 saturated heterocycles. The van der Waals surface area contributed by atoms with E-state index in [0.29, 0.717) is 11.1 Å². The zero-order chi connectivity index (χ0) is 18.9. The lowest BCUT2D eigenvalue weighted by atomic mass is 9.70. The van der Waals surface area contributed by atoms with Crippen molar-refractivity contribution < 1.29 is 9.47 Å². The maximum absolute atomic E-state index is 9.29. The number of fused-ring (bicyclic) bond motifs is 1. The van der Waals surface area contributed by atoms with Crippen molar-refractivity contribution in [3.05, 3.63) is 58.6 Å². The predicted molar refractivity (Wildman–Crippen MR) is 106 cm³/mol. The lowest BCUT2D eigenvalue weighted by Crippen LogP contribution is -2.35. The first-order valence-corrected chi connectivity index (χ1v) is 9.58. The molecular formula is C22H21ClN2O2. The molecule has 4 nitrogen and oxygen atoms in total. The van der Waals surface area contributed by atoms with Crippen LogP contribution in [0, 0.1) is 16.9 Å². The van der Waals surface area contributed by atoms with Crippen molar-refractivity contribution in [2.75, 3.05) is 7.11 Å². The number of hydrogen-bond acceptors (Lipinski definition) is 4. The molecule has 1 saturated carbocycles. The van der Waals surface area contributed by atoms with Crippen LogP contribution >= 0.6 is 11.6 Å². The van der Waals surface area contributed by atoms with E-state index >= 15 is 0 Å². The largest absolute Gasteiger partial charge is 0.457 e. The van der Waals surface area contributed by atoms with Crippen LogP contribution in [0.4, 0.5) is 0 Å². The molecule has 2 aliphatic rings. The van der Waals surface area contributed by atoms with Gasteiger partial charge in [-0.25, -0.2) is 0 Å². The summed E-state index contributed by atoms with van der Waals surface area (Å²) in [5, 5.41) is 9.96. The van der Waals surface area contributed by atoms with E-state index in [-0.39, 0.29) is 5.41 Å². The summed E-state index contributed by atoms with van der Waals surface area (Å²) in [6.07, 6.45) is 7.26. The van der Waals surface area contributed by atoms with Crippen LogP contribution in [0.25, 0.3) is 0 Å². The number of halogens is 1. The average Bonchev–Trinajstić information content (AvgIpc) is 2.97. The quantitative estimate of drug-likeness (QED) is 0.657. The number of ether oxygens (including phenoxy) is 2. The molecule has 0 unspecified atom stereocenters. The Labute approximate surface area is 164 Å². The first kappa shape index (κ1) is 18.0. The van der Waals surface area contributed by atoms with E-state index in [1.165, 1.54) is 5.56 Å². The number of hydrogen-bond donors (Lipinski definition) is 0. The van der Waals surface area contributed by atoms with Crippen LogP contribution in [0.3, 0.4) is 0 Å². The first-order chi connectivity index (χ1) is 13.1. The highest BCUT2D eigenvalue weighted by molar-refractivity contribution is 6.30. The molecular weight excluding hydrogens is 360 g/mol. The molecule has 0 aromatic heterocycles. The van der Waals surface area contributed by atoms with Gasteiger partial charge in [0.2, 0.25) is 6.19 Å². The van der Waals surface area contributed by atoms with Crippen LogP contribution in [0.15, 0.2) is 47.5 Å². The molecule has 138 valence electrons. The molecule has 0 atom stereocenters. The lowest BCUT2D eigenvalue weighted by molar-refractivity contribution is 0.0468. The molecule has 4 rings (SSSR count). The van der Waals surface area contributed by atoms with Crippen molar-refractivity contribution in [1.82, 2.24) is 0 Å². The Morgan fingerprint density at radius 2 is 1.81 bits per heavy atom. The molecule has 2 aromatic carbocycles. The van der Waals surface area contributed by atoms with Crippen molar-refractivity contribution in [2.24, 2.45) is 10.4 Å². The van der Waals surface area contributed by atoms with E-state index in [4.69, 9.17) is 21.1 Å². The maximum Gasteiger partial charge on any atom is 0.205 e. The van der Waals surface area contributed by atoms with E-state index in [9.17, 15) is 5.26 Å². The molecule has 0 N–H and O–H groups in total. The number of nitriles is 1. The smallest absolute Gasteiger partial charge is 0.205 e. The predicted octanol–water partition coefficient (Wildman–Crippen LogP) is 5.53. The van der Waals surface area contributed by atoms with Gasteiger partial charge < -0.3 is 9.47 Å².